The Labute approximate surface area is 104 Å². The number of carbonyl (C=O) groups is 1. The molecule has 18 heavy (non-hydrogen) atoms. The molecule has 0 fully saturated rings. The fourth-order valence-corrected chi connectivity index (χ4v) is 2.81. The minimum atomic E-state index is 0.739. The Kier molecular flexibility index (Phi) is 1.76. The van der Waals surface area contributed by atoms with Crippen LogP contribution in [0.5, 0.6) is 0 Å². The van der Waals surface area contributed by atoms with Crippen LogP contribution in [0.4, 0.5) is 0 Å². The number of hydrogen-bond donors (Lipinski definition) is 0. The lowest BCUT2D eigenvalue weighted by Crippen LogP contribution is -1.88. The second-order valence-corrected chi connectivity index (χ2v) is 4.56. The van der Waals surface area contributed by atoms with Crippen molar-refractivity contribution in [2.24, 2.45) is 0 Å². The molecule has 0 amide bonds. The molecule has 0 N–H and O–H groups in total. The van der Waals surface area contributed by atoms with Gasteiger partial charge in [0.1, 0.15) is 0 Å². The van der Waals surface area contributed by atoms with E-state index in [1.54, 1.807) is 0 Å². The van der Waals surface area contributed by atoms with Crippen molar-refractivity contribution in [3.8, 4) is 0 Å². The molecule has 0 aliphatic rings. The molecule has 1 radical (unpaired) electrons. The van der Waals surface area contributed by atoms with E-state index >= 15 is 0 Å². The van der Waals surface area contributed by atoms with E-state index < -0.39 is 0 Å². The maximum absolute atomic E-state index is 11.2. The average molecular weight is 229 g/mol. The van der Waals surface area contributed by atoms with Gasteiger partial charge in [0.05, 0.1) is 0 Å². The molecule has 83 valence electrons. The van der Waals surface area contributed by atoms with Crippen LogP contribution >= 0.6 is 0 Å². The fraction of sp³-hybridized carbons (Fsp3) is 0. The molecule has 4 aromatic rings. The van der Waals surface area contributed by atoms with E-state index in [2.05, 4.69) is 30.3 Å². The zero-order valence-corrected chi connectivity index (χ0v) is 9.60. The highest BCUT2D eigenvalue weighted by atomic mass is 16.1. The molecule has 0 bridgehead atoms. The minimum absolute atomic E-state index is 0.739. The first-order valence-electron chi connectivity index (χ1n) is 5.91. The molecule has 0 spiro atoms. The van der Waals surface area contributed by atoms with Crippen LogP contribution in [0, 0.1) is 6.07 Å². The zero-order valence-electron chi connectivity index (χ0n) is 9.60. The standard InChI is InChI=1S/C17H9O/c18-10-14-9-13-5-1-3-11-7-8-12-4-2-6-15(14)17(12)16(11)13/h1,3-10H. The molecule has 4 aromatic carbocycles. The van der Waals surface area contributed by atoms with Crippen LogP contribution in [-0.4, -0.2) is 6.29 Å². The van der Waals surface area contributed by atoms with Gasteiger partial charge in [-0.05, 0) is 56.6 Å². The molecule has 0 unspecified atom stereocenters. The Morgan fingerprint density at radius 1 is 0.889 bits per heavy atom. The zero-order chi connectivity index (χ0) is 12.1. The number of benzene rings is 4. The van der Waals surface area contributed by atoms with Gasteiger partial charge < -0.3 is 0 Å². The highest BCUT2D eigenvalue weighted by Crippen LogP contribution is 2.35. The van der Waals surface area contributed by atoms with E-state index in [1.165, 1.54) is 16.2 Å². The molecule has 0 aliphatic heterocycles. The summed E-state index contributed by atoms with van der Waals surface area (Å²) in [5.74, 6) is 0. The first kappa shape index (κ1) is 9.60. The van der Waals surface area contributed by atoms with Crippen molar-refractivity contribution in [1.82, 2.24) is 0 Å². The molecular formula is C17H9O. The number of carbonyl (C=O) groups excluding carboxylic acids is 1. The maximum Gasteiger partial charge on any atom is 0.150 e. The summed E-state index contributed by atoms with van der Waals surface area (Å²) in [7, 11) is 0. The topological polar surface area (TPSA) is 17.1 Å². The van der Waals surface area contributed by atoms with E-state index in [1.807, 2.05) is 24.3 Å². The van der Waals surface area contributed by atoms with Gasteiger partial charge in [-0.3, -0.25) is 4.79 Å². The van der Waals surface area contributed by atoms with Crippen molar-refractivity contribution in [2.45, 2.75) is 0 Å². The Morgan fingerprint density at radius 2 is 1.72 bits per heavy atom. The summed E-state index contributed by atoms with van der Waals surface area (Å²) in [6.45, 7) is 0. The number of hydrogen-bond acceptors (Lipinski definition) is 1. The third-order valence-electron chi connectivity index (χ3n) is 3.59. The first-order valence-corrected chi connectivity index (χ1v) is 5.91. The smallest absolute Gasteiger partial charge is 0.150 e. The van der Waals surface area contributed by atoms with Crippen LogP contribution in [0.15, 0.2) is 48.5 Å². The molecule has 1 nitrogen and oxygen atoms in total. The summed E-state index contributed by atoms with van der Waals surface area (Å²) in [6.07, 6.45) is 0.928. The van der Waals surface area contributed by atoms with Crippen molar-refractivity contribution in [3.05, 3.63) is 60.2 Å². The number of aldehydes is 1. The van der Waals surface area contributed by atoms with E-state index in [-0.39, 0.29) is 0 Å². The van der Waals surface area contributed by atoms with Crippen LogP contribution in [0.25, 0.3) is 32.3 Å². The normalized spacial score (nSPS) is 11.6. The van der Waals surface area contributed by atoms with Crippen LogP contribution in [-0.2, 0) is 0 Å². The lowest BCUT2D eigenvalue weighted by atomic mass is 9.92. The number of rotatable bonds is 1. The summed E-state index contributed by atoms with van der Waals surface area (Å²) in [5, 5.41) is 6.88. The Morgan fingerprint density at radius 3 is 2.61 bits per heavy atom. The third-order valence-corrected chi connectivity index (χ3v) is 3.59. The van der Waals surface area contributed by atoms with Gasteiger partial charge in [0, 0.05) is 5.56 Å². The highest BCUT2D eigenvalue weighted by Gasteiger charge is 2.10. The van der Waals surface area contributed by atoms with Crippen LogP contribution in [0.1, 0.15) is 10.4 Å². The summed E-state index contributed by atoms with van der Waals surface area (Å²) in [6, 6.07) is 19.4. The first-order chi connectivity index (χ1) is 8.88. The van der Waals surface area contributed by atoms with E-state index in [0.29, 0.717) is 0 Å². The molecule has 1 heteroatoms. The van der Waals surface area contributed by atoms with Gasteiger partial charge in [-0.2, -0.15) is 0 Å². The summed E-state index contributed by atoms with van der Waals surface area (Å²) >= 11 is 0. The van der Waals surface area contributed by atoms with E-state index in [9.17, 15) is 4.79 Å². The van der Waals surface area contributed by atoms with E-state index in [0.717, 1.165) is 28.0 Å². The van der Waals surface area contributed by atoms with Crippen molar-refractivity contribution in [1.29, 1.82) is 0 Å². The van der Waals surface area contributed by atoms with E-state index in [4.69, 9.17) is 0 Å². The van der Waals surface area contributed by atoms with Crippen LogP contribution < -0.4 is 0 Å². The molecule has 0 aromatic heterocycles. The Hall–Kier alpha value is -2.41. The van der Waals surface area contributed by atoms with Gasteiger partial charge in [0.15, 0.2) is 6.29 Å². The van der Waals surface area contributed by atoms with Crippen molar-refractivity contribution < 1.29 is 4.79 Å². The summed E-state index contributed by atoms with van der Waals surface area (Å²) in [4.78, 5) is 11.2. The lowest BCUT2D eigenvalue weighted by molar-refractivity contribution is 0.112. The summed E-state index contributed by atoms with van der Waals surface area (Å²) in [5.41, 5.74) is 0.739. The highest BCUT2D eigenvalue weighted by molar-refractivity contribution is 6.25. The Bertz CT molecular complexity index is 890. The van der Waals surface area contributed by atoms with Gasteiger partial charge in [-0.1, -0.05) is 30.3 Å². The predicted octanol–water partition coefficient (Wildman–Crippen LogP) is 4.20. The van der Waals surface area contributed by atoms with Crippen LogP contribution in [0.2, 0.25) is 0 Å². The van der Waals surface area contributed by atoms with Crippen LogP contribution in [0.3, 0.4) is 0 Å². The minimum Gasteiger partial charge on any atom is -0.298 e. The average Bonchev–Trinajstić information content (AvgIpc) is 2.44. The fourth-order valence-electron chi connectivity index (χ4n) is 2.81. The van der Waals surface area contributed by atoms with Crippen molar-refractivity contribution in [2.75, 3.05) is 0 Å². The Balaban J connectivity index is 2.47. The molecule has 0 heterocycles. The quantitative estimate of drug-likeness (QED) is 0.353. The maximum atomic E-state index is 11.2. The molecule has 0 saturated carbocycles. The third kappa shape index (κ3) is 1.08. The monoisotopic (exact) mass is 229 g/mol. The van der Waals surface area contributed by atoms with Crippen molar-refractivity contribution in [3.63, 3.8) is 0 Å². The van der Waals surface area contributed by atoms with Gasteiger partial charge in [-0.15, -0.1) is 0 Å². The molecule has 0 atom stereocenters. The molecule has 0 aliphatic carbocycles. The second-order valence-electron chi connectivity index (χ2n) is 4.56. The van der Waals surface area contributed by atoms with Gasteiger partial charge in [0.2, 0.25) is 0 Å². The van der Waals surface area contributed by atoms with Gasteiger partial charge in [-0.25, -0.2) is 0 Å². The molecule has 0 saturated heterocycles. The lowest BCUT2D eigenvalue weighted by Gasteiger charge is -2.11. The van der Waals surface area contributed by atoms with Gasteiger partial charge >= 0.3 is 0 Å². The SMILES string of the molecule is O=Cc1cc2cccc3ccc4c[c]cc1c4c32. The molecular weight excluding hydrogens is 220 g/mol. The largest absolute Gasteiger partial charge is 0.298 e. The molecule has 4 rings (SSSR count). The second kappa shape index (κ2) is 3.30. The summed E-state index contributed by atoms with van der Waals surface area (Å²) < 4.78 is 0. The predicted molar refractivity (Wildman–Crippen MR) is 74.4 cm³/mol. The van der Waals surface area contributed by atoms with Gasteiger partial charge in [0.25, 0.3) is 0 Å². The van der Waals surface area contributed by atoms with Crippen molar-refractivity contribution >= 4 is 38.6 Å².